The van der Waals surface area contributed by atoms with E-state index in [4.69, 9.17) is 10.5 Å². The summed E-state index contributed by atoms with van der Waals surface area (Å²) in [7, 11) is 0. The van der Waals surface area contributed by atoms with Crippen molar-refractivity contribution in [3.8, 4) is 0 Å². The zero-order chi connectivity index (χ0) is 13.7. The maximum Gasteiger partial charge on any atom is 0.222 e. The lowest BCUT2D eigenvalue weighted by Crippen LogP contribution is -2.36. The van der Waals surface area contributed by atoms with Gasteiger partial charge in [0.25, 0.3) is 0 Å². The first kappa shape index (κ1) is 13.9. The Morgan fingerprint density at radius 1 is 1.47 bits per heavy atom. The summed E-state index contributed by atoms with van der Waals surface area (Å²) >= 11 is 0. The molecule has 0 aliphatic carbocycles. The monoisotopic (exact) mass is 262 g/mol. The van der Waals surface area contributed by atoms with Crippen LogP contribution in [0.3, 0.4) is 0 Å². The standard InChI is InChI=1S/C15H22N2O2/c1-2-19-10-4-7-15(18)17-9-8-13-12(11-17)5-3-6-14(13)16/h3,5-6H,2,4,7-11,16H2,1H3. The van der Waals surface area contributed by atoms with Crippen LogP contribution in [0.25, 0.3) is 0 Å². The average molecular weight is 262 g/mol. The van der Waals surface area contributed by atoms with Gasteiger partial charge in [-0.15, -0.1) is 0 Å². The highest BCUT2D eigenvalue weighted by molar-refractivity contribution is 5.76. The van der Waals surface area contributed by atoms with Crippen molar-refractivity contribution in [3.63, 3.8) is 0 Å². The molecular weight excluding hydrogens is 240 g/mol. The van der Waals surface area contributed by atoms with E-state index in [1.807, 2.05) is 24.0 Å². The van der Waals surface area contributed by atoms with E-state index in [9.17, 15) is 4.79 Å². The molecular formula is C15H22N2O2. The fourth-order valence-corrected chi connectivity index (χ4v) is 2.48. The summed E-state index contributed by atoms with van der Waals surface area (Å²) in [5.41, 5.74) is 9.20. The molecule has 0 bridgehead atoms. The molecule has 1 amide bonds. The number of carbonyl (C=O) groups excluding carboxylic acids is 1. The zero-order valence-electron chi connectivity index (χ0n) is 11.5. The smallest absolute Gasteiger partial charge is 0.222 e. The lowest BCUT2D eigenvalue weighted by molar-refractivity contribution is -0.132. The molecule has 0 radical (unpaired) electrons. The molecule has 4 nitrogen and oxygen atoms in total. The number of nitrogen functional groups attached to an aromatic ring is 1. The van der Waals surface area contributed by atoms with Gasteiger partial charge in [-0.2, -0.15) is 0 Å². The summed E-state index contributed by atoms with van der Waals surface area (Å²) in [6.07, 6.45) is 2.23. The van der Waals surface area contributed by atoms with E-state index in [2.05, 4.69) is 6.07 Å². The lowest BCUT2D eigenvalue weighted by atomic mass is 9.98. The van der Waals surface area contributed by atoms with Gasteiger partial charge in [0.2, 0.25) is 5.91 Å². The van der Waals surface area contributed by atoms with Crippen LogP contribution < -0.4 is 5.73 Å². The number of hydrogen-bond acceptors (Lipinski definition) is 3. The molecule has 1 heterocycles. The van der Waals surface area contributed by atoms with Gasteiger partial charge in [0.1, 0.15) is 0 Å². The van der Waals surface area contributed by atoms with Crippen LogP contribution in [0.15, 0.2) is 18.2 Å². The fraction of sp³-hybridized carbons (Fsp3) is 0.533. The van der Waals surface area contributed by atoms with E-state index in [-0.39, 0.29) is 5.91 Å². The second kappa shape index (κ2) is 6.57. The Balaban J connectivity index is 1.89. The Kier molecular flexibility index (Phi) is 4.80. The van der Waals surface area contributed by atoms with Crippen molar-refractivity contribution in [1.29, 1.82) is 0 Å². The highest BCUT2D eigenvalue weighted by atomic mass is 16.5. The molecule has 1 aliphatic rings. The fourth-order valence-electron chi connectivity index (χ4n) is 2.48. The predicted octanol–water partition coefficient (Wildman–Crippen LogP) is 1.97. The number of hydrogen-bond donors (Lipinski definition) is 1. The van der Waals surface area contributed by atoms with E-state index in [1.165, 1.54) is 11.1 Å². The van der Waals surface area contributed by atoms with Crippen molar-refractivity contribution >= 4 is 11.6 Å². The minimum atomic E-state index is 0.216. The van der Waals surface area contributed by atoms with Crippen molar-refractivity contribution < 1.29 is 9.53 Å². The van der Waals surface area contributed by atoms with E-state index in [0.29, 0.717) is 26.2 Å². The Morgan fingerprint density at radius 3 is 3.11 bits per heavy atom. The predicted molar refractivity (Wildman–Crippen MR) is 75.7 cm³/mol. The molecule has 4 heteroatoms. The summed E-state index contributed by atoms with van der Waals surface area (Å²) in [6.45, 7) is 4.81. The van der Waals surface area contributed by atoms with Crippen LogP contribution in [0.5, 0.6) is 0 Å². The first-order valence-electron chi connectivity index (χ1n) is 6.94. The van der Waals surface area contributed by atoms with Crippen molar-refractivity contribution in [3.05, 3.63) is 29.3 Å². The number of rotatable bonds is 5. The summed E-state index contributed by atoms with van der Waals surface area (Å²) < 4.78 is 5.26. The third-order valence-electron chi connectivity index (χ3n) is 3.54. The quantitative estimate of drug-likeness (QED) is 0.652. The van der Waals surface area contributed by atoms with Gasteiger partial charge in [-0.25, -0.2) is 0 Å². The molecule has 1 aliphatic heterocycles. The number of nitrogens with two attached hydrogens (primary N) is 1. The Labute approximate surface area is 114 Å². The van der Waals surface area contributed by atoms with Gasteiger partial charge in [-0.3, -0.25) is 4.79 Å². The largest absolute Gasteiger partial charge is 0.398 e. The van der Waals surface area contributed by atoms with Crippen LogP contribution >= 0.6 is 0 Å². The molecule has 2 rings (SSSR count). The van der Waals surface area contributed by atoms with Gasteiger partial charge in [0.05, 0.1) is 0 Å². The van der Waals surface area contributed by atoms with E-state index >= 15 is 0 Å². The summed E-state index contributed by atoms with van der Waals surface area (Å²) in [4.78, 5) is 14.0. The third-order valence-corrected chi connectivity index (χ3v) is 3.54. The van der Waals surface area contributed by atoms with Gasteiger partial charge in [-0.1, -0.05) is 12.1 Å². The second-order valence-corrected chi connectivity index (χ2v) is 4.85. The van der Waals surface area contributed by atoms with Gasteiger partial charge >= 0.3 is 0 Å². The number of amides is 1. The zero-order valence-corrected chi connectivity index (χ0v) is 11.5. The Bertz CT molecular complexity index is 446. The Morgan fingerprint density at radius 2 is 2.32 bits per heavy atom. The normalized spacial score (nSPS) is 14.3. The van der Waals surface area contributed by atoms with Crippen molar-refractivity contribution in [1.82, 2.24) is 4.90 Å². The number of anilines is 1. The number of nitrogens with zero attached hydrogens (tertiary/aromatic N) is 1. The van der Waals surface area contributed by atoms with E-state index < -0.39 is 0 Å². The van der Waals surface area contributed by atoms with Gasteiger partial charge in [0, 0.05) is 38.4 Å². The summed E-state index contributed by atoms with van der Waals surface area (Å²) in [5.74, 6) is 0.216. The molecule has 0 unspecified atom stereocenters. The molecule has 1 aromatic rings. The van der Waals surface area contributed by atoms with Gasteiger partial charge in [-0.05, 0) is 37.0 Å². The highest BCUT2D eigenvalue weighted by Crippen LogP contribution is 2.24. The third kappa shape index (κ3) is 3.47. The van der Waals surface area contributed by atoms with Crippen molar-refractivity contribution in [2.24, 2.45) is 0 Å². The molecule has 0 spiro atoms. The number of fused-ring (bicyclic) bond motifs is 1. The summed E-state index contributed by atoms with van der Waals surface area (Å²) in [6, 6.07) is 5.95. The molecule has 0 saturated carbocycles. The van der Waals surface area contributed by atoms with Gasteiger partial charge < -0.3 is 15.4 Å². The van der Waals surface area contributed by atoms with Crippen LogP contribution in [0.1, 0.15) is 30.9 Å². The maximum absolute atomic E-state index is 12.1. The van der Waals surface area contributed by atoms with E-state index in [1.54, 1.807) is 0 Å². The molecule has 0 aromatic heterocycles. The topological polar surface area (TPSA) is 55.6 Å². The van der Waals surface area contributed by atoms with Crippen molar-refractivity contribution in [2.75, 3.05) is 25.5 Å². The van der Waals surface area contributed by atoms with Crippen LogP contribution in [-0.2, 0) is 22.5 Å². The second-order valence-electron chi connectivity index (χ2n) is 4.85. The van der Waals surface area contributed by atoms with Crippen molar-refractivity contribution in [2.45, 2.75) is 32.7 Å². The minimum absolute atomic E-state index is 0.216. The number of benzene rings is 1. The van der Waals surface area contributed by atoms with E-state index in [0.717, 1.165) is 25.1 Å². The highest BCUT2D eigenvalue weighted by Gasteiger charge is 2.21. The molecule has 0 saturated heterocycles. The molecule has 19 heavy (non-hydrogen) atoms. The summed E-state index contributed by atoms with van der Waals surface area (Å²) in [5, 5.41) is 0. The van der Waals surface area contributed by atoms with Crippen LogP contribution in [0.4, 0.5) is 5.69 Å². The lowest BCUT2D eigenvalue weighted by Gasteiger charge is -2.29. The molecule has 104 valence electrons. The Hall–Kier alpha value is -1.55. The first-order chi connectivity index (χ1) is 9.22. The molecule has 0 atom stereocenters. The van der Waals surface area contributed by atoms with Gasteiger partial charge in [0.15, 0.2) is 0 Å². The molecule has 0 fully saturated rings. The molecule has 1 aromatic carbocycles. The maximum atomic E-state index is 12.1. The van der Waals surface area contributed by atoms with Crippen LogP contribution in [0, 0.1) is 0 Å². The van der Waals surface area contributed by atoms with Crippen LogP contribution in [0.2, 0.25) is 0 Å². The first-order valence-corrected chi connectivity index (χ1v) is 6.94. The number of carbonyl (C=O) groups is 1. The molecule has 2 N–H and O–H groups in total. The SMILES string of the molecule is CCOCCCC(=O)N1CCc2c(N)cccc2C1. The average Bonchev–Trinajstić information content (AvgIpc) is 2.43. The number of ether oxygens (including phenoxy) is 1. The van der Waals surface area contributed by atoms with Crippen LogP contribution in [-0.4, -0.2) is 30.6 Å². The minimum Gasteiger partial charge on any atom is -0.398 e.